The van der Waals surface area contributed by atoms with Crippen LogP contribution in [0.5, 0.6) is 0 Å². The van der Waals surface area contributed by atoms with Gasteiger partial charge in [-0.1, -0.05) is 0 Å². The predicted molar refractivity (Wildman–Crippen MR) is 95.8 cm³/mol. The molecule has 3 rings (SSSR count). The van der Waals surface area contributed by atoms with Gasteiger partial charge in [-0.05, 0) is 20.3 Å². The summed E-state index contributed by atoms with van der Waals surface area (Å²) in [5.74, 6) is 0.930. The first-order valence-electron chi connectivity index (χ1n) is 8.41. The first kappa shape index (κ1) is 17.8. The summed E-state index contributed by atoms with van der Waals surface area (Å²) < 4.78 is 1.30. The number of nitrogens with zero attached hydrogens (tertiary/aromatic N) is 7. The molecular formula is C16H22N8O2. The maximum Gasteiger partial charge on any atom is 0.265 e. The van der Waals surface area contributed by atoms with Crippen molar-refractivity contribution in [2.75, 3.05) is 30.3 Å². The Hall–Kier alpha value is -3.04. The highest BCUT2D eigenvalue weighted by atomic mass is 16.2. The van der Waals surface area contributed by atoms with Gasteiger partial charge in [-0.15, -0.1) is 0 Å². The molecule has 0 aromatic carbocycles. The minimum absolute atomic E-state index is 0.0800. The number of rotatable bonds is 2. The molecule has 0 bridgehead atoms. The normalized spacial score (nSPS) is 17.9. The molecule has 1 aliphatic heterocycles. The highest BCUT2D eigenvalue weighted by molar-refractivity contribution is 5.93. The topological polar surface area (TPSA) is 123 Å². The van der Waals surface area contributed by atoms with Crippen molar-refractivity contribution in [3.8, 4) is 0 Å². The number of aromatic nitrogens is 5. The molecule has 0 aliphatic carbocycles. The summed E-state index contributed by atoms with van der Waals surface area (Å²) in [5, 5.41) is 0. The Bertz CT molecular complexity index is 861. The smallest absolute Gasteiger partial charge is 0.265 e. The summed E-state index contributed by atoms with van der Waals surface area (Å²) in [5.41, 5.74) is 5.47. The van der Waals surface area contributed by atoms with Crippen LogP contribution in [0.15, 0.2) is 17.3 Å². The zero-order valence-electron chi connectivity index (χ0n) is 15.1. The van der Waals surface area contributed by atoms with Crippen LogP contribution in [-0.2, 0) is 7.05 Å². The fourth-order valence-corrected chi connectivity index (χ4v) is 3.00. The zero-order valence-corrected chi connectivity index (χ0v) is 15.1. The highest BCUT2D eigenvalue weighted by Crippen LogP contribution is 2.18. The van der Waals surface area contributed by atoms with Gasteiger partial charge in [0.05, 0.1) is 6.33 Å². The van der Waals surface area contributed by atoms with Gasteiger partial charge in [0, 0.05) is 38.9 Å². The van der Waals surface area contributed by atoms with E-state index in [4.69, 9.17) is 5.73 Å². The Morgan fingerprint density at radius 3 is 2.73 bits per heavy atom. The molecule has 2 aromatic rings. The number of carbonyl (C=O) groups is 1. The predicted octanol–water partition coefficient (Wildman–Crippen LogP) is -0.403. The summed E-state index contributed by atoms with van der Waals surface area (Å²) in [7, 11) is 1.58. The van der Waals surface area contributed by atoms with E-state index in [0.29, 0.717) is 31.4 Å². The summed E-state index contributed by atoms with van der Waals surface area (Å²) in [6.07, 6.45) is 3.43. The number of hydrogen-bond acceptors (Lipinski definition) is 8. The molecule has 3 heterocycles. The van der Waals surface area contributed by atoms with Crippen LogP contribution in [0.1, 0.15) is 29.5 Å². The van der Waals surface area contributed by atoms with Gasteiger partial charge in [0.15, 0.2) is 0 Å². The monoisotopic (exact) mass is 358 g/mol. The molecule has 10 nitrogen and oxygen atoms in total. The highest BCUT2D eigenvalue weighted by Gasteiger charge is 2.27. The third-order valence-corrected chi connectivity index (χ3v) is 4.48. The Kier molecular flexibility index (Phi) is 4.83. The maximum absolute atomic E-state index is 12.8. The van der Waals surface area contributed by atoms with Crippen LogP contribution in [0, 0.1) is 6.92 Å². The quantitative estimate of drug-likeness (QED) is 0.769. The van der Waals surface area contributed by atoms with Crippen molar-refractivity contribution in [1.29, 1.82) is 0 Å². The van der Waals surface area contributed by atoms with Gasteiger partial charge in [0.1, 0.15) is 11.4 Å². The number of amides is 1. The van der Waals surface area contributed by atoms with Crippen LogP contribution in [0.4, 0.5) is 11.9 Å². The minimum Gasteiger partial charge on any atom is -0.368 e. The lowest BCUT2D eigenvalue weighted by Crippen LogP contribution is -2.39. The van der Waals surface area contributed by atoms with E-state index in [0.717, 1.165) is 6.42 Å². The average Bonchev–Trinajstić information content (AvgIpc) is 2.78. The second-order valence-corrected chi connectivity index (χ2v) is 6.39. The third kappa shape index (κ3) is 3.48. The molecule has 26 heavy (non-hydrogen) atoms. The van der Waals surface area contributed by atoms with Gasteiger partial charge in [-0.25, -0.2) is 4.98 Å². The molecule has 0 saturated carbocycles. The van der Waals surface area contributed by atoms with Crippen LogP contribution in [0.25, 0.3) is 0 Å². The Balaban J connectivity index is 1.81. The first-order valence-corrected chi connectivity index (χ1v) is 8.41. The van der Waals surface area contributed by atoms with Gasteiger partial charge in [0.25, 0.3) is 11.5 Å². The average molecular weight is 358 g/mol. The Morgan fingerprint density at radius 2 is 2.00 bits per heavy atom. The van der Waals surface area contributed by atoms with E-state index in [1.54, 1.807) is 18.9 Å². The molecule has 1 amide bonds. The molecular weight excluding hydrogens is 336 g/mol. The summed E-state index contributed by atoms with van der Waals surface area (Å²) in [4.78, 5) is 45.2. The second-order valence-electron chi connectivity index (χ2n) is 6.39. The van der Waals surface area contributed by atoms with E-state index < -0.39 is 0 Å². The Labute approximate surface area is 150 Å². The van der Waals surface area contributed by atoms with Crippen molar-refractivity contribution < 1.29 is 4.79 Å². The number of carbonyl (C=O) groups excluding carboxylic acids is 1. The van der Waals surface area contributed by atoms with E-state index >= 15 is 0 Å². The first-order chi connectivity index (χ1) is 12.4. The molecule has 10 heteroatoms. The number of aryl methyl sites for hydroxylation is 2. The fraction of sp³-hybridized carbons (Fsp3) is 0.500. The SMILES string of the molecule is Cc1nc(N)nc(N2CCN(C(=O)c3cncn(C)c3=O)CCC2C)n1. The second kappa shape index (κ2) is 7.06. The van der Waals surface area contributed by atoms with Gasteiger partial charge in [-0.2, -0.15) is 15.0 Å². The van der Waals surface area contributed by atoms with E-state index in [2.05, 4.69) is 19.9 Å². The molecule has 0 radical (unpaired) electrons. The van der Waals surface area contributed by atoms with Gasteiger partial charge < -0.3 is 20.1 Å². The lowest BCUT2D eigenvalue weighted by Gasteiger charge is -2.26. The van der Waals surface area contributed by atoms with Crippen LogP contribution in [0.3, 0.4) is 0 Å². The molecule has 1 fully saturated rings. The van der Waals surface area contributed by atoms with E-state index in [-0.39, 0.29) is 29.0 Å². The van der Waals surface area contributed by atoms with Crippen molar-refractivity contribution in [2.45, 2.75) is 26.3 Å². The van der Waals surface area contributed by atoms with Crippen molar-refractivity contribution in [3.63, 3.8) is 0 Å². The Morgan fingerprint density at radius 1 is 1.23 bits per heavy atom. The van der Waals surface area contributed by atoms with E-state index in [1.165, 1.54) is 17.1 Å². The van der Waals surface area contributed by atoms with Crippen molar-refractivity contribution >= 4 is 17.8 Å². The lowest BCUT2D eigenvalue weighted by atomic mass is 10.2. The summed E-state index contributed by atoms with van der Waals surface area (Å²) in [6, 6.07) is 0.116. The number of anilines is 2. The zero-order chi connectivity index (χ0) is 18.8. The van der Waals surface area contributed by atoms with Gasteiger partial charge in [-0.3, -0.25) is 9.59 Å². The number of hydrogen-bond donors (Lipinski definition) is 1. The molecule has 138 valence electrons. The van der Waals surface area contributed by atoms with Crippen LogP contribution < -0.4 is 16.2 Å². The lowest BCUT2D eigenvalue weighted by molar-refractivity contribution is 0.0763. The van der Waals surface area contributed by atoms with Crippen molar-refractivity contribution in [1.82, 2.24) is 29.4 Å². The molecule has 1 saturated heterocycles. The van der Waals surface area contributed by atoms with E-state index in [9.17, 15) is 9.59 Å². The van der Waals surface area contributed by atoms with Crippen LogP contribution in [0.2, 0.25) is 0 Å². The van der Waals surface area contributed by atoms with Gasteiger partial charge >= 0.3 is 0 Å². The maximum atomic E-state index is 12.8. The molecule has 1 atom stereocenters. The van der Waals surface area contributed by atoms with Crippen molar-refractivity contribution in [2.24, 2.45) is 7.05 Å². The van der Waals surface area contributed by atoms with Gasteiger partial charge in [0.2, 0.25) is 11.9 Å². The summed E-state index contributed by atoms with van der Waals surface area (Å²) in [6.45, 7) is 5.33. The standard InChI is InChI=1S/C16H22N8O2/c1-10-4-5-23(14(26)12-8-18-9-22(3)13(12)25)6-7-24(10)16-20-11(2)19-15(17)21-16/h8-10H,4-7H2,1-3H3,(H2,17,19,20,21). The molecule has 0 spiro atoms. The van der Waals surface area contributed by atoms with E-state index in [1.807, 2.05) is 11.8 Å². The molecule has 1 aliphatic rings. The molecule has 2 aromatic heterocycles. The molecule has 1 unspecified atom stereocenters. The number of nitrogen functional groups attached to an aromatic ring is 1. The van der Waals surface area contributed by atoms with Crippen LogP contribution in [-0.4, -0.2) is 61.0 Å². The largest absolute Gasteiger partial charge is 0.368 e. The fourth-order valence-electron chi connectivity index (χ4n) is 3.00. The number of nitrogens with two attached hydrogens (primary N) is 1. The summed E-state index contributed by atoms with van der Waals surface area (Å²) >= 11 is 0. The third-order valence-electron chi connectivity index (χ3n) is 4.48. The van der Waals surface area contributed by atoms with Crippen molar-refractivity contribution in [3.05, 3.63) is 34.3 Å². The molecule has 2 N–H and O–H groups in total. The van der Waals surface area contributed by atoms with Crippen LogP contribution >= 0.6 is 0 Å². The minimum atomic E-state index is -0.347.